The fourth-order valence-electron chi connectivity index (χ4n) is 3.78. The van der Waals surface area contributed by atoms with Gasteiger partial charge in [-0.25, -0.2) is 4.79 Å². The van der Waals surface area contributed by atoms with Gasteiger partial charge in [0.25, 0.3) is 0 Å². The molecular formula is C20H22N4O2. The summed E-state index contributed by atoms with van der Waals surface area (Å²) >= 11 is 0. The second kappa shape index (κ2) is 6.80. The zero-order chi connectivity index (χ0) is 18.1. The monoisotopic (exact) mass is 350 g/mol. The molecule has 0 aliphatic carbocycles. The van der Waals surface area contributed by atoms with Crippen molar-refractivity contribution in [3.05, 3.63) is 70.6 Å². The highest BCUT2D eigenvalue weighted by atomic mass is 16.2. The SMILES string of the molecule is NC1CN(C(=O)CCn2c(=O)[nH]c3ccccc32)CC1c1ccccc1. The normalized spacial score (nSPS) is 20.0. The van der Waals surface area contributed by atoms with Gasteiger partial charge in [0.15, 0.2) is 0 Å². The molecule has 3 N–H and O–H groups in total. The van der Waals surface area contributed by atoms with E-state index >= 15 is 0 Å². The number of imidazole rings is 1. The average molecular weight is 350 g/mol. The zero-order valence-corrected chi connectivity index (χ0v) is 14.5. The van der Waals surface area contributed by atoms with Crippen molar-refractivity contribution in [2.75, 3.05) is 13.1 Å². The number of rotatable bonds is 4. The molecule has 2 heterocycles. The van der Waals surface area contributed by atoms with E-state index in [1.807, 2.05) is 47.4 Å². The average Bonchev–Trinajstić information content (AvgIpc) is 3.20. The minimum atomic E-state index is -0.181. The molecule has 0 spiro atoms. The molecule has 1 aliphatic rings. The van der Waals surface area contributed by atoms with Crippen LogP contribution < -0.4 is 11.4 Å². The molecule has 4 rings (SSSR count). The molecule has 2 aromatic carbocycles. The van der Waals surface area contributed by atoms with Gasteiger partial charge in [-0.3, -0.25) is 9.36 Å². The Morgan fingerprint density at radius 2 is 1.81 bits per heavy atom. The van der Waals surface area contributed by atoms with Gasteiger partial charge in [-0.15, -0.1) is 0 Å². The number of H-pyrrole nitrogens is 1. The molecule has 1 saturated heterocycles. The number of nitrogens with zero attached hydrogens (tertiary/aromatic N) is 2. The third-order valence-corrected chi connectivity index (χ3v) is 5.18. The molecule has 6 nitrogen and oxygen atoms in total. The molecule has 0 radical (unpaired) electrons. The Balaban J connectivity index is 1.44. The highest BCUT2D eigenvalue weighted by Crippen LogP contribution is 2.26. The van der Waals surface area contributed by atoms with Crippen LogP contribution in [0.2, 0.25) is 0 Å². The highest BCUT2D eigenvalue weighted by molar-refractivity contribution is 5.78. The topological polar surface area (TPSA) is 84.1 Å². The molecule has 1 aliphatic heterocycles. The summed E-state index contributed by atoms with van der Waals surface area (Å²) < 4.78 is 1.62. The summed E-state index contributed by atoms with van der Waals surface area (Å²) in [5.74, 6) is 0.201. The molecule has 134 valence electrons. The summed E-state index contributed by atoms with van der Waals surface area (Å²) in [6.07, 6.45) is 0.288. The Kier molecular flexibility index (Phi) is 4.34. The number of aryl methyl sites for hydroxylation is 1. The maximum Gasteiger partial charge on any atom is 0.326 e. The maximum absolute atomic E-state index is 12.7. The second-order valence-corrected chi connectivity index (χ2v) is 6.83. The number of likely N-dealkylation sites (tertiary alicyclic amines) is 1. The van der Waals surface area contributed by atoms with Crippen molar-refractivity contribution < 1.29 is 4.79 Å². The fourth-order valence-corrected chi connectivity index (χ4v) is 3.78. The third kappa shape index (κ3) is 3.04. The first-order valence-corrected chi connectivity index (χ1v) is 8.89. The number of carbonyl (C=O) groups excluding carboxylic acids is 1. The summed E-state index contributed by atoms with van der Waals surface area (Å²) in [5.41, 5.74) is 8.88. The Morgan fingerprint density at radius 3 is 2.62 bits per heavy atom. The van der Waals surface area contributed by atoms with Crippen LogP contribution in [-0.2, 0) is 11.3 Å². The van der Waals surface area contributed by atoms with E-state index in [0.29, 0.717) is 19.6 Å². The van der Waals surface area contributed by atoms with Crippen LogP contribution in [0.1, 0.15) is 17.9 Å². The first-order valence-electron chi connectivity index (χ1n) is 8.89. The van der Waals surface area contributed by atoms with Crippen molar-refractivity contribution in [3.63, 3.8) is 0 Å². The van der Waals surface area contributed by atoms with Crippen molar-refractivity contribution in [1.29, 1.82) is 0 Å². The van der Waals surface area contributed by atoms with E-state index in [2.05, 4.69) is 17.1 Å². The number of para-hydroxylation sites is 2. The van der Waals surface area contributed by atoms with Gasteiger partial charge in [-0.05, 0) is 17.7 Å². The van der Waals surface area contributed by atoms with Crippen LogP contribution in [0, 0.1) is 0 Å². The first kappa shape index (κ1) is 16.6. The molecule has 3 aromatic rings. The molecule has 6 heteroatoms. The summed E-state index contributed by atoms with van der Waals surface area (Å²) in [6, 6.07) is 17.5. The number of benzene rings is 2. The minimum absolute atomic E-state index is 0.0380. The summed E-state index contributed by atoms with van der Waals surface area (Å²) in [4.78, 5) is 29.4. The van der Waals surface area contributed by atoms with E-state index in [1.54, 1.807) is 4.57 Å². The Labute approximate surface area is 151 Å². The standard InChI is InChI=1S/C20H22N4O2/c21-16-13-23(12-15(16)14-6-2-1-3-7-14)19(25)10-11-24-18-9-5-4-8-17(18)22-20(24)26/h1-9,15-16H,10-13,21H2,(H,22,26). The molecule has 1 fully saturated rings. The first-order chi connectivity index (χ1) is 12.6. The number of fused-ring (bicyclic) bond motifs is 1. The van der Waals surface area contributed by atoms with Gasteiger partial charge in [-0.1, -0.05) is 42.5 Å². The van der Waals surface area contributed by atoms with Gasteiger partial charge >= 0.3 is 5.69 Å². The molecule has 1 amide bonds. The number of carbonyl (C=O) groups is 1. The van der Waals surface area contributed by atoms with Crippen molar-refractivity contribution in [3.8, 4) is 0 Å². The number of aromatic amines is 1. The highest BCUT2D eigenvalue weighted by Gasteiger charge is 2.33. The number of hydrogen-bond acceptors (Lipinski definition) is 3. The molecule has 0 bridgehead atoms. The van der Waals surface area contributed by atoms with Gasteiger partial charge in [0.1, 0.15) is 0 Å². The lowest BCUT2D eigenvalue weighted by molar-refractivity contribution is -0.130. The lowest BCUT2D eigenvalue weighted by atomic mass is 9.95. The van der Waals surface area contributed by atoms with Gasteiger partial charge < -0.3 is 15.6 Å². The summed E-state index contributed by atoms with van der Waals surface area (Å²) in [6.45, 7) is 1.55. The Hall–Kier alpha value is -2.86. The molecular weight excluding hydrogens is 328 g/mol. The summed E-state index contributed by atoms with van der Waals surface area (Å²) in [7, 11) is 0. The minimum Gasteiger partial charge on any atom is -0.340 e. The van der Waals surface area contributed by atoms with Crippen LogP contribution in [0.25, 0.3) is 11.0 Å². The smallest absolute Gasteiger partial charge is 0.326 e. The van der Waals surface area contributed by atoms with Crippen LogP contribution in [0.15, 0.2) is 59.4 Å². The fraction of sp³-hybridized carbons (Fsp3) is 0.300. The van der Waals surface area contributed by atoms with E-state index in [4.69, 9.17) is 5.73 Å². The molecule has 26 heavy (non-hydrogen) atoms. The van der Waals surface area contributed by atoms with Crippen molar-refractivity contribution in [2.24, 2.45) is 5.73 Å². The van der Waals surface area contributed by atoms with Crippen LogP contribution in [0.4, 0.5) is 0 Å². The molecule has 2 atom stereocenters. The number of nitrogens with two attached hydrogens (primary N) is 1. The van der Waals surface area contributed by atoms with E-state index in [0.717, 1.165) is 11.0 Å². The zero-order valence-electron chi connectivity index (χ0n) is 14.5. The maximum atomic E-state index is 12.7. The van der Waals surface area contributed by atoms with Crippen molar-refractivity contribution >= 4 is 16.9 Å². The molecule has 0 saturated carbocycles. The lowest BCUT2D eigenvalue weighted by Crippen LogP contribution is -2.33. The van der Waals surface area contributed by atoms with Crippen LogP contribution in [-0.4, -0.2) is 39.5 Å². The van der Waals surface area contributed by atoms with E-state index < -0.39 is 0 Å². The van der Waals surface area contributed by atoms with E-state index in [9.17, 15) is 9.59 Å². The predicted molar refractivity (Wildman–Crippen MR) is 101 cm³/mol. The van der Waals surface area contributed by atoms with Crippen LogP contribution in [0.3, 0.4) is 0 Å². The van der Waals surface area contributed by atoms with Crippen molar-refractivity contribution in [2.45, 2.75) is 24.9 Å². The van der Waals surface area contributed by atoms with E-state index in [-0.39, 0.29) is 30.0 Å². The largest absolute Gasteiger partial charge is 0.340 e. The summed E-state index contributed by atoms with van der Waals surface area (Å²) in [5, 5.41) is 0. The second-order valence-electron chi connectivity index (χ2n) is 6.83. The third-order valence-electron chi connectivity index (χ3n) is 5.18. The van der Waals surface area contributed by atoms with Gasteiger partial charge in [0, 0.05) is 38.0 Å². The molecule has 2 unspecified atom stereocenters. The predicted octanol–water partition coefficient (Wildman–Crippen LogP) is 1.67. The Bertz CT molecular complexity index is 976. The molecule has 1 aromatic heterocycles. The number of aromatic nitrogens is 2. The number of amides is 1. The van der Waals surface area contributed by atoms with Crippen molar-refractivity contribution in [1.82, 2.24) is 14.5 Å². The van der Waals surface area contributed by atoms with Crippen LogP contribution in [0.5, 0.6) is 0 Å². The van der Waals surface area contributed by atoms with Gasteiger partial charge in [0.05, 0.1) is 11.0 Å². The van der Waals surface area contributed by atoms with Gasteiger partial charge in [0.2, 0.25) is 5.91 Å². The Morgan fingerprint density at radius 1 is 1.08 bits per heavy atom. The number of nitrogens with one attached hydrogen (secondary N) is 1. The quantitative estimate of drug-likeness (QED) is 0.751. The number of hydrogen-bond donors (Lipinski definition) is 2. The van der Waals surface area contributed by atoms with Crippen LogP contribution >= 0.6 is 0 Å². The van der Waals surface area contributed by atoms with Gasteiger partial charge in [-0.2, -0.15) is 0 Å². The van der Waals surface area contributed by atoms with E-state index in [1.165, 1.54) is 5.56 Å². The lowest BCUT2D eigenvalue weighted by Gasteiger charge is -2.16.